The Balaban J connectivity index is 2.94. The van der Waals surface area contributed by atoms with Gasteiger partial charge in [0.1, 0.15) is 0 Å². The van der Waals surface area contributed by atoms with Crippen LogP contribution in [0.5, 0.6) is 0 Å². The predicted molar refractivity (Wildman–Crippen MR) is 79.2 cm³/mol. The average Bonchev–Trinajstić information content (AvgIpc) is 2.38. The van der Waals surface area contributed by atoms with Gasteiger partial charge in [-0.05, 0) is 32.0 Å². The van der Waals surface area contributed by atoms with Crippen molar-refractivity contribution in [1.82, 2.24) is 4.90 Å². The van der Waals surface area contributed by atoms with Crippen molar-refractivity contribution in [2.24, 2.45) is 0 Å². The zero-order valence-corrected chi connectivity index (χ0v) is 12.4. The number of carboxylic acids is 1. The standard InChI is InChI=1S/C15H20N2O4/c1-4-17(10(2)8-14(19)20)15(21)12-6-5-7-13(9-12)16-11(3)18/h5-7,9-10H,4,8H2,1-3H3,(H,16,18)(H,19,20). The number of nitrogens with zero attached hydrogens (tertiary/aromatic N) is 1. The third kappa shape index (κ3) is 4.91. The van der Waals surface area contributed by atoms with Crippen LogP contribution in [-0.2, 0) is 9.59 Å². The van der Waals surface area contributed by atoms with Crippen LogP contribution in [0.2, 0.25) is 0 Å². The van der Waals surface area contributed by atoms with Crippen LogP contribution in [0.25, 0.3) is 0 Å². The Morgan fingerprint density at radius 1 is 1.33 bits per heavy atom. The first kappa shape index (κ1) is 16.7. The Labute approximate surface area is 123 Å². The number of rotatable bonds is 6. The van der Waals surface area contributed by atoms with Crippen molar-refractivity contribution in [3.63, 3.8) is 0 Å². The van der Waals surface area contributed by atoms with E-state index >= 15 is 0 Å². The molecule has 0 radical (unpaired) electrons. The number of aliphatic carboxylic acids is 1. The smallest absolute Gasteiger partial charge is 0.305 e. The molecule has 1 aromatic carbocycles. The average molecular weight is 292 g/mol. The molecule has 1 rings (SSSR count). The largest absolute Gasteiger partial charge is 0.481 e. The van der Waals surface area contributed by atoms with Gasteiger partial charge in [0.2, 0.25) is 5.91 Å². The van der Waals surface area contributed by atoms with Gasteiger partial charge in [0.25, 0.3) is 5.91 Å². The second kappa shape index (κ2) is 7.42. The molecule has 0 heterocycles. The van der Waals surface area contributed by atoms with Gasteiger partial charge >= 0.3 is 5.97 Å². The molecule has 1 aromatic rings. The van der Waals surface area contributed by atoms with Crippen molar-refractivity contribution in [1.29, 1.82) is 0 Å². The van der Waals surface area contributed by atoms with Crippen molar-refractivity contribution in [2.75, 3.05) is 11.9 Å². The van der Waals surface area contributed by atoms with Crippen molar-refractivity contribution in [2.45, 2.75) is 33.2 Å². The molecule has 2 N–H and O–H groups in total. The fourth-order valence-electron chi connectivity index (χ4n) is 2.12. The molecule has 2 amide bonds. The van der Waals surface area contributed by atoms with Crippen LogP contribution < -0.4 is 5.32 Å². The molecular formula is C15H20N2O4. The van der Waals surface area contributed by atoms with Crippen molar-refractivity contribution < 1.29 is 19.5 Å². The SMILES string of the molecule is CCN(C(=O)c1cccc(NC(C)=O)c1)C(C)CC(=O)O. The summed E-state index contributed by atoms with van der Waals surface area (Å²) in [5, 5.41) is 11.5. The minimum absolute atomic E-state index is 0.106. The number of nitrogens with one attached hydrogen (secondary N) is 1. The maximum atomic E-state index is 12.5. The number of carbonyl (C=O) groups is 3. The fourth-order valence-corrected chi connectivity index (χ4v) is 2.12. The van der Waals surface area contributed by atoms with E-state index in [1.54, 1.807) is 38.1 Å². The second-order valence-electron chi connectivity index (χ2n) is 4.80. The van der Waals surface area contributed by atoms with Crippen LogP contribution in [0.1, 0.15) is 37.6 Å². The van der Waals surface area contributed by atoms with Gasteiger partial charge in [-0.25, -0.2) is 0 Å². The Hall–Kier alpha value is -2.37. The van der Waals surface area contributed by atoms with Gasteiger partial charge in [-0.1, -0.05) is 6.07 Å². The van der Waals surface area contributed by atoms with Gasteiger partial charge in [0.05, 0.1) is 6.42 Å². The molecule has 0 spiro atoms. The molecule has 0 aromatic heterocycles. The number of anilines is 1. The summed E-state index contributed by atoms with van der Waals surface area (Å²) in [6, 6.07) is 6.19. The van der Waals surface area contributed by atoms with Crippen molar-refractivity contribution in [3.05, 3.63) is 29.8 Å². The Kier molecular flexibility index (Phi) is 5.90. The third-order valence-corrected chi connectivity index (χ3v) is 3.03. The number of hydrogen-bond donors (Lipinski definition) is 2. The molecule has 0 saturated heterocycles. The summed E-state index contributed by atoms with van der Waals surface area (Å²) in [5.41, 5.74) is 0.954. The minimum atomic E-state index is -0.944. The normalized spacial score (nSPS) is 11.6. The highest BCUT2D eigenvalue weighted by Crippen LogP contribution is 2.15. The van der Waals surface area contributed by atoms with Crippen molar-refractivity contribution in [3.8, 4) is 0 Å². The highest BCUT2D eigenvalue weighted by Gasteiger charge is 2.22. The molecule has 114 valence electrons. The predicted octanol–water partition coefficient (Wildman–Crippen LogP) is 1.97. The quantitative estimate of drug-likeness (QED) is 0.839. The van der Waals surface area contributed by atoms with Gasteiger partial charge in [-0.15, -0.1) is 0 Å². The summed E-state index contributed by atoms with van der Waals surface area (Å²) < 4.78 is 0. The number of amides is 2. The van der Waals surface area contributed by atoms with Crippen LogP contribution in [0.4, 0.5) is 5.69 Å². The second-order valence-corrected chi connectivity index (χ2v) is 4.80. The maximum absolute atomic E-state index is 12.5. The third-order valence-electron chi connectivity index (χ3n) is 3.03. The molecule has 0 aliphatic carbocycles. The molecule has 0 aliphatic rings. The lowest BCUT2D eigenvalue weighted by atomic mass is 10.1. The first-order valence-corrected chi connectivity index (χ1v) is 6.75. The topological polar surface area (TPSA) is 86.7 Å². The van der Waals surface area contributed by atoms with Crippen LogP contribution in [0.3, 0.4) is 0 Å². The van der Waals surface area contributed by atoms with E-state index in [2.05, 4.69) is 5.32 Å². The molecule has 0 aliphatic heterocycles. The van der Waals surface area contributed by atoms with Gasteiger partial charge in [0, 0.05) is 30.8 Å². The zero-order chi connectivity index (χ0) is 16.0. The lowest BCUT2D eigenvalue weighted by Crippen LogP contribution is -2.39. The highest BCUT2D eigenvalue weighted by atomic mass is 16.4. The zero-order valence-electron chi connectivity index (χ0n) is 12.4. The molecule has 1 atom stereocenters. The summed E-state index contributed by atoms with van der Waals surface area (Å²) in [7, 11) is 0. The maximum Gasteiger partial charge on any atom is 0.305 e. The Morgan fingerprint density at radius 2 is 2.00 bits per heavy atom. The van der Waals surface area contributed by atoms with E-state index in [1.807, 2.05) is 0 Å². The molecule has 6 heteroatoms. The molecule has 21 heavy (non-hydrogen) atoms. The number of carboxylic acid groups (broad SMARTS) is 1. The van der Waals surface area contributed by atoms with Crippen molar-refractivity contribution >= 4 is 23.5 Å². The Bertz CT molecular complexity index is 542. The summed E-state index contributed by atoms with van der Waals surface area (Å²) in [5.74, 6) is -1.41. The van der Waals surface area contributed by atoms with E-state index in [4.69, 9.17) is 5.11 Å². The molecular weight excluding hydrogens is 272 g/mol. The first-order chi connectivity index (χ1) is 9.85. The van der Waals surface area contributed by atoms with Crippen LogP contribution in [0.15, 0.2) is 24.3 Å². The van der Waals surface area contributed by atoms with Crippen LogP contribution in [0, 0.1) is 0 Å². The number of carbonyl (C=O) groups excluding carboxylic acids is 2. The van der Waals surface area contributed by atoms with Gasteiger partial charge in [-0.2, -0.15) is 0 Å². The molecule has 1 unspecified atom stereocenters. The summed E-state index contributed by atoms with van der Waals surface area (Å²) in [4.78, 5) is 35.8. The molecule has 0 fully saturated rings. The van der Waals surface area contributed by atoms with E-state index in [9.17, 15) is 14.4 Å². The molecule has 0 bridgehead atoms. The summed E-state index contributed by atoms with van der Waals surface area (Å²) in [6.45, 7) is 5.31. The van der Waals surface area contributed by atoms with Crippen LogP contribution >= 0.6 is 0 Å². The van der Waals surface area contributed by atoms with E-state index in [0.29, 0.717) is 17.8 Å². The molecule has 0 saturated carbocycles. The molecule has 6 nitrogen and oxygen atoms in total. The van der Waals surface area contributed by atoms with E-state index in [0.717, 1.165) is 0 Å². The van der Waals surface area contributed by atoms with Crippen LogP contribution in [-0.4, -0.2) is 40.4 Å². The fraction of sp³-hybridized carbons (Fsp3) is 0.400. The minimum Gasteiger partial charge on any atom is -0.481 e. The highest BCUT2D eigenvalue weighted by molar-refractivity contribution is 5.97. The number of benzene rings is 1. The number of hydrogen-bond acceptors (Lipinski definition) is 3. The summed E-state index contributed by atoms with van der Waals surface area (Å²) >= 11 is 0. The monoisotopic (exact) mass is 292 g/mol. The summed E-state index contributed by atoms with van der Waals surface area (Å²) in [6.07, 6.45) is -0.106. The van der Waals surface area contributed by atoms with Gasteiger partial charge in [-0.3, -0.25) is 14.4 Å². The van der Waals surface area contributed by atoms with Gasteiger partial charge < -0.3 is 15.3 Å². The van der Waals surface area contributed by atoms with E-state index in [1.165, 1.54) is 11.8 Å². The lowest BCUT2D eigenvalue weighted by molar-refractivity contribution is -0.138. The van der Waals surface area contributed by atoms with E-state index < -0.39 is 12.0 Å². The Morgan fingerprint density at radius 3 is 2.52 bits per heavy atom. The van der Waals surface area contributed by atoms with E-state index in [-0.39, 0.29) is 18.2 Å². The van der Waals surface area contributed by atoms with Gasteiger partial charge in [0.15, 0.2) is 0 Å². The lowest BCUT2D eigenvalue weighted by Gasteiger charge is -2.27. The first-order valence-electron chi connectivity index (χ1n) is 6.75.